The van der Waals surface area contributed by atoms with Crippen LogP contribution in [-0.2, 0) is 0 Å². The van der Waals surface area contributed by atoms with E-state index in [1.54, 1.807) is 0 Å². The SMILES string of the molecule is CB(C)CCCl. The fraction of sp³-hybridized carbons (Fsp3) is 1.00. The second kappa shape index (κ2) is 3.54. The molecule has 0 bridgehead atoms. The summed E-state index contributed by atoms with van der Waals surface area (Å²) in [6.45, 7) is 5.10. The molecule has 36 valence electrons. The maximum Gasteiger partial charge on any atom is 0.134 e. The zero-order chi connectivity index (χ0) is 4.99. The summed E-state index contributed by atoms with van der Waals surface area (Å²) >= 11 is 5.40. The van der Waals surface area contributed by atoms with Gasteiger partial charge in [-0.2, -0.15) is 0 Å². The smallest absolute Gasteiger partial charge is 0.127 e. The Hall–Kier alpha value is 0.355. The summed E-state index contributed by atoms with van der Waals surface area (Å²) < 4.78 is 0. The van der Waals surface area contributed by atoms with Crippen molar-refractivity contribution in [2.75, 3.05) is 5.88 Å². The second-order valence-corrected chi connectivity index (χ2v) is 2.25. The largest absolute Gasteiger partial charge is 0.134 e. The Balaban J connectivity index is 2.63. The van der Waals surface area contributed by atoms with Crippen molar-refractivity contribution in [3.8, 4) is 0 Å². The molecule has 0 radical (unpaired) electrons. The lowest BCUT2D eigenvalue weighted by Gasteiger charge is -1.89. The standard InChI is InChI=1S/C4H10BCl/c1-5(2)3-4-6/h3-4H2,1-2H3. The minimum absolute atomic E-state index is 0.766. The molecule has 0 unspecified atom stereocenters. The fourth-order valence-electron chi connectivity index (χ4n) is 0.218. The first-order valence-electron chi connectivity index (χ1n) is 2.33. The molecule has 0 aromatic rings. The minimum Gasteiger partial charge on any atom is -0.127 e. The minimum atomic E-state index is 0.766. The monoisotopic (exact) mass is 104 g/mol. The summed E-state index contributed by atoms with van der Waals surface area (Å²) in [5.74, 6) is 0.803. The lowest BCUT2D eigenvalue weighted by atomic mass is 9.53. The zero-order valence-corrected chi connectivity index (χ0v) is 5.13. The van der Waals surface area contributed by atoms with Gasteiger partial charge >= 0.3 is 0 Å². The highest BCUT2D eigenvalue weighted by atomic mass is 35.5. The van der Waals surface area contributed by atoms with Crippen LogP contribution in [0.25, 0.3) is 0 Å². The molecule has 0 N–H and O–H groups in total. The first-order valence-corrected chi connectivity index (χ1v) is 2.86. The average molecular weight is 104 g/mol. The second-order valence-electron chi connectivity index (χ2n) is 1.87. The van der Waals surface area contributed by atoms with Crippen molar-refractivity contribution in [2.45, 2.75) is 20.0 Å². The van der Waals surface area contributed by atoms with Crippen LogP contribution in [0.3, 0.4) is 0 Å². The molecule has 0 nitrogen and oxygen atoms in total. The highest BCUT2D eigenvalue weighted by molar-refractivity contribution is 6.56. The molecule has 0 saturated carbocycles. The normalized spacial score (nSPS) is 8.50. The maximum absolute atomic E-state index is 5.40. The Morgan fingerprint density at radius 2 is 2.00 bits per heavy atom. The van der Waals surface area contributed by atoms with E-state index in [0.29, 0.717) is 0 Å². The molecular weight excluding hydrogens is 94.3 g/mol. The van der Waals surface area contributed by atoms with Gasteiger partial charge in [-0.05, 0) is 0 Å². The molecule has 0 atom stereocenters. The van der Waals surface area contributed by atoms with Crippen molar-refractivity contribution in [3.63, 3.8) is 0 Å². The Kier molecular flexibility index (Phi) is 3.75. The van der Waals surface area contributed by atoms with E-state index >= 15 is 0 Å². The highest BCUT2D eigenvalue weighted by Crippen LogP contribution is 1.91. The van der Waals surface area contributed by atoms with Gasteiger partial charge in [0.15, 0.2) is 0 Å². The van der Waals surface area contributed by atoms with Gasteiger partial charge in [-0.1, -0.05) is 20.0 Å². The molecule has 2 heteroatoms. The summed E-state index contributed by atoms with van der Waals surface area (Å²) in [6, 6.07) is 0. The third-order valence-electron chi connectivity index (χ3n) is 0.686. The molecule has 0 saturated heterocycles. The molecule has 0 rings (SSSR count). The van der Waals surface area contributed by atoms with Crippen LogP contribution in [0.2, 0.25) is 20.0 Å². The van der Waals surface area contributed by atoms with E-state index in [1.165, 1.54) is 0 Å². The predicted molar refractivity (Wildman–Crippen MR) is 33.0 cm³/mol. The molecule has 0 spiro atoms. The van der Waals surface area contributed by atoms with E-state index < -0.39 is 0 Å². The molecule has 0 aromatic heterocycles. The first-order chi connectivity index (χ1) is 2.77. The van der Waals surface area contributed by atoms with Crippen molar-refractivity contribution in [1.82, 2.24) is 0 Å². The zero-order valence-electron chi connectivity index (χ0n) is 4.37. The quantitative estimate of drug-likeness (QED) is 0.371. The van der Waals surface area contributed by atoms with Gasteiger partial charge in [-0.3, -0.25) is 0 Å². The van der Waals surface area contributed by atoms with E-state index in [1.807, 2.05) is 0 Å². The van der Waals surface area contributed by atoms with Crippen LogP contribution < -0.4 is 0 Å². The molecule has 0 aliphatic carbocycles. The average Bonchev–Trinajstić information content (AvgIpc) is 1.35. The predicted octanol–water partition coefficient (Wildman–Crippen LogP) is 1.98. The molecule has 0 aromatic carbocycles. The maximum atomic E-state index is 5.40. The van der Waals surface area contributed by atoms with Gasteiger partial charge in [-0.25, -0.2) is 0 Å². The summed E-state index contributed by atoms with van der Waals surface area (Å²) in [5.41, 5.74) is 0. The Labute approximate surface area is 45.0 Å². The van der Waals surface area contributed by atoms with Crippen LogP contribution in [0.1, 0.15) is 0 Å². The lowest BCUT2D eigenvalue weighted by Crippen LogP contribution is -1.97. The van der Waals surface area contributed by atoms with Crippen LogP contribution in [0.4, 0.5) is 0 Å². The van der Waals surface area contributed by atoms with Crippen LogP contribution in [0.15, 0.2) is 0 Å². The van der Waals surface area contributed by atoms with Crippen LogP contribution in [-0.4, -0.2) is 12.6 Å². The number of hydrogen-bond donors (Lipinski definition) is 0. The van der Waals surface area contributed by atoms with Crippen LogP contribution >= 0.6 is 11.6 Å². The van der Waals surface area contributed by atoms with E-state index in [-0.39, 0.29) is 0 Å². The highest BCUT2D eigenvalue weighted by Gasteiger charge is 1.92. The van der Waals surface area contributed by atoms with Gasteiger partial charge in [0.05, 0.1) is 0 Å². The Morgan fingerprint density at radius 3 is 2.00 bits per heavy atom. The van der Waals surface area contributed by atoms with Crippen molar-refractivity contribution in [2.24, 2.45) is 0 Å². The van der Waals surface area contributed by atoms with Crippen molar-refractivity contribution in [3.05, 3.63) is 0 Å². The molecule has 0 aliphatic heterocycles. The topological polar surface area (TPSA) is 0 Å². The van der Waals surface area contributed by atoms with E-state index in [0.717, 1.165) is 18.9 Å². The fourth-order valence-corrected chi connectivity index (χ4v) is 0.655. The van der Waals surface area contributed by atoms with Crippen LogP contribution in [0, 0.1) is 0 Å². The van der Waals surface area contributed by atoms with Crippen molar-refractivity contribution < 1.29 is 0 Å². The van der Waals surface area contributed by atoms with E-state index in [4.69, 9.17) is 11.6 Å². The van der Waals surface area contributed by atoms with Gasteiger partial charge in [0.1, 0.15) is 6.71 Å². The third kappa shape index (κ3) is 4.35. The molecule has 0 fully saturated rings. The first kappa shape index (κ1) is 6.35. The third-order valence-corrected chi connectivity index (χ3v) is 0.905. The molecule has 0 amide bonds. The number of rotatable bonds is 2. The summed E-state index contributed by atoms with van der Waals surface area (Å²) in [4.78, 5) is 0. The summed E-state index contributed by atoms with van der Waals surface area (Å²) in [6.07, 6.45) is 1.14. The Morgan fingerprint density at radius 1 is 1.50 bits per heavy atom. The summed E-state index contributed by atoms with van der Waals surface area (Å²) in [5, 5.41) is 0. The van der Waals surface area contributed by atoms with Crippen molar-refractivity contribution >= 4 is 18.3 Å². The van der Waals surface area contributed by atoms with Gasteiger partial charge in [0.25, 0.3) is 0 Å². The number of alkyl halides is 1. The van der Waals surface area contributed by atoms with Gasteiger partial charge in [-0.15, -0.1) is 11.6 Å². The number of hydrogen-bond acceptors (Lipinski definition) is 0. The molecule has 0 heterocycles. The van der Waals surface area contributed by atoms with E-state index in [9.17, 15) is 0 Å². The Bertz CT molecular complexity index is 28.7. The van der Waals surface area contributed by atoms with Gasteiger partial charge in [0, 0.05) is 5.88 Å². The van der Waals surface area contributed by atoms with Gasteiger partial charge < -0.3 is 0 Å². The summed E-state index contributed by atoms with van der Waals surface area (Å²) in [7, 11) is 0. The van der Waals surface area contributed by atoms with Crippen molar-refractivity contribution in [1.29, 1.82) is 0 Å². The molecule has 0 aliphatic rings. The lowest BCUT2D eigenvalue weighted by molar-refractivity contribution is 1.42. The van der Waals surface area contributed by atoms with E-state index in [2.05, 4.69) is 13.6 Å². The molecule has 6 heavy (non-hydrogen) atoms. The van der Waals surface area contributed by atoms with Gasteiger partial charge in [0.2, 0.25) is 0 Å². The molecular formula is C4H10BCl. The number of halogens is 1. The van der Waals surface area contributed by atoms with Crippen LogP contribution in [0.5, 0.6) is 0 Å².